The third-order valence-electron chi connectivity index (χ3n) is 3.33. The van der Waals surface area contributed by atoms with Crippen LogP contribution in [0.1, 0.15) is 34.1 Å². The van der Waals surface area contributed by atoms with Crippen molar-refractivity contribution < 1.29 is 14.3 Å². The van der Waals surface area contributed by atoms with E-state index in [2.05, 4.69) is 11.9 Å². The van der Waals surface area contributed by atoms with Gasteiger partial charge in [0.1, 0.15) is 5.54 Å². The average molecular weight is 241 g/mol. The molecule has 1 aliphatic heterocycles. The number of hydrogen-bond acceptors (Lipinski definition) is 4. The Morgan fingerprint density at radius 3 is 2.41 bits per heavy atom. The van der Waals surface area contributed by atoms with E-state index in [1.54, 1.807) is 6.08 Å². The van der Waals surface area contributed by atoms with Crippen molar-refractivity contribution >= 4 is 5.97 Å². The van der Waals surface area contributed by atoms with Crippen LogP contribution in [-0.4, -0.2) is 36.4 Å². The SMILES string of the molecule is C=CCNC1(C(=O)OC)CC(C)(C)OC1(C)C. The molecule has 1 heterocycles. The van der Waals surface area contributed by atoms with Crippen molar-refractivity contribution in [1.82, 2.24) is 5.32 Å². The van der Waals surface area contributed by atoms with Crippen LogP contribution in [0.4, 0.5) is 0 Å². The number of nitrogens with one attached hydrogen (secondary N) is 1. The zero-order valence-electron chi connectivity index (χ0n) is 11.4. The van der Waals surface area contributed by atoms with E-state index in [0.717, 1.165) is 0 Å². The number of carbonyl (C=O) groups excluding carboxylic acids is 1. The second-order valence-corrected chi connectivity index (χ2v) is 5.62. The summed E-state index contributed by atoms with van der Waals surface area (Å²) in [5, 5.41) is 3.22. The van der Waals surface area contributed by atoms with E-state index in [0.29, 0.717) is 13.0 Å². The van der Waals surface area contributed by atoms with Gasteiger partial charge in [-0.2, -0.15) is 0 Å². The molecule has 0 aromatic heterocycles. The quantitative estimate of drug-likeness (QED) is 0.600. The Labute approximate surface area is 103 Å². The summed E-state index contributed by atoms with van der Waals surface area (Å²) >= 11 is 0. The van der Waals surface area contributed by atoms with Gasteiger partial charge in [-0.05, 0) is 27.7 Å². The van der Waals surface area contributed by atoms with Crippen LogP contribution >= 0.6 is 0 Å². The summed E-state index contributed by atoms with van der Waals surface area (Å²) in [6, 6.07) is 0. The molecule has 0 aromatic carbocycles. The van der Waals surface area contributed by atoms with E-state index < -0.39 is 11.1 Å². The Bertz CT molecular complexity index is 323. The van der Waals surface area contributed by atoms with E-state index in [4.69, 9.17) is 9.47 Å². The van der Waals surface area contributed by atoms with Crippen LogP contribution in [0.25, 0.3) is 0 Å². The third kappa shape index (κ3) is 2.38. The van der Waals surface area contributed by atoms with Crippen LogP contribution in [0.5, 0.6) is 0 Å². The largest absolute Gasteiger partial charge is 0.468 e. The zero-order valence-corrected chi connectivity index (χ0v) is 11.4. The molecular weight excluding hydrogens is 218 g/mol. The molecular formula is C13H23NO3. The normalized spacial score (nSPS) is 29.9. The maximum Gasteiger partial charge on any atom is 0.329 e. The molecule has 1 atom stereocenters. The first kappa shape index (κ1) is 14.2. The molecule has 1 fully saturated rings. The predicted octanol–water partition coefficient (Wildman–Crippen LogP) is 1.65. The van der Waals surface area contributed by atoms with Crippen molar-refractivity contribution in [3.8, 4) is 0 Å². The van der Waals surface area contributed by atoms with Gasteiger partial charge < -0.3 is 9.47 Å². The minimum Gasteiger partial charge on any atom is -0.468 e. The third-order valence-corrected chi connectivity index (χ3v) is 3.33. The summed E-state index contributed by atoms with van der Waals surface area (Å²) in [7, 11) is 1.40. The Kier molecular flexibility index (Phi) is 3.69. The van der Waals surface area contributed by atoms with Crippen molar-refractivity contribution in [3.05, 3.63) is 12.7 Å². The van der Waals surface area contributed by atoms with Crippen LogP contribution in [0.3, 0.4) is 0 Å². The van der Waals surface area contributed by atoms with E-state index in [9.17, 15) is 4.79 Å². The number of methoxy groups -OCH3 is 1. The Morgan fingerprint density at radius 1 is 1.47 bits per heavy atom. The lowest BCUT2D eigenvalue weighted by Gasteiger charge is -2.37. The maximum atomic E-state index is 12.1. The van der Waals surface area contributed by atoms with E-state index >= 15 is 0 Å². The number of hydrogen-bond donors (Lipinski definition) is 1. The molecule has 0 bridgehead atoms. The summed E-state index contributed by atoms with van der Waals surface area (Å²) in [5.41, 5.74) is -1.79. The molecule has 0 aromatic rings. The molecule has 4 heteroatoms. The van der Waals surface area contributed by atoms with Gasteiger partial charge in [0.2, 0.25) is 0 Å². The van der Waals surface area contributed by atoms with Crippen LogP contribution in [0.2, 0.25) is 0 Å². The first-order chi connectivity index (χ1) is 7.71. The Morgan fingerprint density at radius 2 is 2.06 bits per heavy atom. The highest BCUT2D eigenvalue weighted by atomic mass is 16.6. The molecule has 0 saturated carbocycles. The standard InChI is InChI=1S/C13H23NO3/c1-7-8-14-13(10(15)16-6)9-11(2,3)17-12(13,4)5/h7,14H,1,8-9H2,2-6H3. The van der Waals surface area contributed by atoms with E-state index in [1.807, 2.05) is 27.7 Å². The highest BCUT2D eigenvalue weighted by Gasteiger charge is 2.62. The fraction of sp³-hybridized carbons (Fsp3) is 0.769. The highest BCUT2D eigenvalue weighted by Crippen LogP contribution is 2.45. The summed E-state index contributed by atoms with van der Waals surface area (Å²) in [5.74, 6) is -0.282. The van der Waals surface area contributed by atoms with Gasteiger partial charge in [0, 0.05) is 13.0 Å². The summed E-state index contributed by atoms with van der Waals surface area (Å²) < 4.78 is 10.9. The minimum absolute atomic E-state index is 0.282. The van der Waals surface area contributed by atoms with Gasteiger partial charge in [-0.15, -0.1) is 6.58 Å². The van der Waals surface area contributed by atoms with Gasteiger partial charge >= 0.3 is 5.97 Å². The lowest BCUT2D eigenvalue weighted by atomic mass is 9.79. The number of esters is 1. The summed E-state index contributed by atoms with van der Waals surface area (Å²) in [6.45, 7) is 12.0. The first-order valence-electron chi connectivity index (χ1n) is 5.85. The summed E-state index contributed by atoms with van der Waals surface area (Å²) in [4.78, 5) is 12.1. The molecule has 1 N–H and O–H groups in total. The van der Waals surface area contributed by atoms with E-state index in [1.165, 1.54) is 7.11 Å². The second-order valence-electron chi connectivity index (χ2n) is 5.62. The van der Waals surface area contributed by atoms with E-state index in [-0.39, 0.29) is 11.6 Å². The number of carbonyl (C=O) groups is 1. The summed E-state index contributed by atoms with van der Waals surface area (Å²) in [6.07, 6.45) is 2.31. The van der Waals surface area contributed by atoms with Gasteiger partial charge in [0.15, 0.2) is 0 Å². The monoisotopic (exact) mass is 241 g/mol. The van der Waals surface area contributed by atoms with Crippen molar-refractivity contribution in [3.63, 3.8) is 0 Å². The number of rotatable bonds is 4. The van der Waals surface area contributed by atoms with Gasteiger partial charge in [-0.3, -0.25) is 5.32 Å². The fourth-order valence-electron chi connectivity index (χ4n) is 2.75. The van der Waals surface area contributed by atoms with Gasteiger partial charge in [0.25, 0.3) is 0 Å². The molecule has 0 amide bonds. The van der Waals surface area contributed by atoms with Crippen molar-refractivity contribution in [2.24, 2.45) is 0 Å². The fourth-order valence-corrected chi connectivity index (χ4v) is 2.75. The number of ether oxygens (including phenoxy) is 2. The average Bonchev–Trinajstić information content (AvgIpc) is 2.39. The van der Waals surface area contributed by atoms with Crippen LogP contribution in [0, 0.1) is 0 Å². The van der Waals surface area contributed by atoms with Gasteiger partial charge in [-0.1, -0.05) is 6.08 Å². The van der Waals surface area contributed by atoms with Crippen molar-refractivity contribution in [1.29, 1.82) is 0 Å². The smallest absolute Gasteiger partial charge is 0.329 e. The molecule has 0 aliphatic carbocycles. The minimum atomic E-state index is -0.820. The molecule has 4 nitrogen and oxygen atoms in total. The van der Waals surface area contributed by atoms with Crippen molar-refractivity contribution in [2.75, 3.05) is 13.7 Å². The molecule has 98 valence electrons. The van der Waals surface area contributed by atoms with Gasteiger partial charge in [-0.25, -0.2) is 4.79 Å². The molecule has 0 spiro atoms. The zero-order chi connectivity index (χ0) is 13.3. The highest BCUT2D eigenvalue weighted by molar-refractivity contribution is 5.83. The van der Waals surface area contributed by atoms with Gasteiger partial charge in [0.05, 0.1) is 18.3 Å². The lowest BCUT2D eigenvalue weighted by Crippen LogP contribution is -2.63. The molecule has 0 radical (unpaired) electrons. The lowest BCUT2D eigenvalue weighted by molar-refractivity contribution is -0.157. The predicted molar refractivity (Wildman–Crippen MR) is 66.8 cm³/mol. The molecule has 1 saturated heterocycles. The Balaban J connectivity index is 3.13. The maximum absolute atomic E-state index is 12.1. The van der Waals surface area contributed by atoms with Crippen LogP contribution < -0.4 is 5.32 Å². The Hall–Kier alpha value is -0.870. The second kappa shape index (κ2) is 4.42. The first-order valence-corrected chi connectivity index (χ1v) is 5.85. The molecule has 17 heavy (non-hydrogen) atoms. The van der Waals surface area contributed by atoms with Crippen LogP contribution in [0.15, 0.2) is 12.7 Å². The molecule has 1 aliphatic rings. The molecule has 1 rings (SSSR count). The topological polar surface area (TPSA) is 47.6 Å². The van der Waals surface area contributed by atoms with Crippen LogP contribution in [-0.2, 0) is 14.3 Å². The molecule has 1 unspecified atom stereocenters. The van der Waals surface area contributed by atoms with Crippen molar-refractivity contribution in [2.45, 2.75) is 50.9 Å².